The minimum atomic E-state index is -0.457. The first-order valence-electron chi connectivity index (χ1n) is 3.64. The van der Waals surface area contributed by atoms with Crippen LogP contribution >= 0.6 is 27.3 Å². The minimum Gasteiger partial charge on any atom is -0.499 e. The highest BCUT2D eigenvalue weighted by molar-refractivity contribution is 9.10. The summed E-state index contributed by atoms with van der Waals surface area (Å²) in [5.74, 6) is 0. The Hall–Kier alpha value is -1.14. The lowest BCUT2D eigenvalue weighted by molar-refractivity contribution is -0.384. The maximum absolute atomic E-state index is 10.5. The standard InChI is InChI=1S/C8H4BrNO3S/c9-6-1-4(10(12)13)2-7-5(6)3-8(11)14-7/h1-3,11H. The van der Waals surface area contributed by atoms with E-state index in [1.165, 1.54) is 12.1 Å². The topological polar surface area (TPSA) is 63.4 Å². The third kappa shape index (κ3) is 1.46. The Labute approximate surface area is 91.1 Å². The molecule has 0 unspecified atom stereocenters. The molecule has 1 N–H and O–H groups in total. The van der Waals surface area contributed by atoms with Gasteiger partial charge in [-0.1, -0.05) is 11.3 Å². The summed E-state index contributed by atoms with van der Waals surface area (Å²) in [5.41, 5.74) is 0.0197. The van der Waals surface area contributed by atoms with Crippen molar-refractivity contribution in [3.05, 3.63) is 32.8 Å². The number of non-ortho nitro benzene ring substituents is 1. The zero-order valence-electron chi connectivity index (χ0n) is 6.73. The first-order valence-corrected chi connectivity index (χ1v) is 5.25. The molecule has 0 radical (unpaired) electrons. The van der Waals surface area contributed by atoms with E-state index >= 15 is 0 Å². The second-order valence-electron chi connectivity index (χ2n) is 2.68. The van der Waals surface area contributed by atoms with Crippen LogP contribution in [0.5, 0.6) is 5.06 Å². The number of nitro groups is 1. The van der Waals surface area contributed by atoms with E-state index in [-0.39, 0.29) is 10.8 Å². The predicted molar refractivity (Wildman–Crippen MR) is 57.8 cm³/mol. The first kappa shape index (κ1) is 9.42. The zero-order chi connectivity index (χ0) is 10.3. The van der Waals surface area contributed by atoms with Crippen molar-refractivity contribution >= 4 is 43.0 Å². The van der Waals surface area contributed by atoms with Crippen LogP contribution in [0.4, 0.5) is 5.69 Å². The monoisotopic (exact) mass is 273 g/mol. The molecule has 0 saturated carbocycles. The van der Waals surface area contributed by atoms with E-state index in [0.29, 0.717) is 9.17 Å². The van der Waals surface area contributed by atoms with Crippen molar-refractivity contribution in [3.63, 3.8) is 0 Å². The van der Waals surface area contributed by atoms with Crippen LogP contribution in [0.2, 0.25) is 0 Å². The largest absolute Gasteiger partial charge is 0.499 e. The lowest BCUT2D eigenvalue weighted by Gasteiger charge is -1.94. The van der Waals surface area contributed by atoms with Gasteiger partial charge >= 0.3 is 0 Å². The second kappa shape index (κ2) is 3.21. The van der Waals surface area contributed by atoms with Gasteiger partial charge < -0.3 is 5.11 Å². The molecule has 14 heavy (non-hydrogen) atoms. The average Bonchev–Trinajstić information content (AvgIpc) is 2.45. The Morgan fingerprint density at radius 1 is 1.43 bits per heavy atom. The van der Waals surface area contributed by atoms with E-state index < -0.39 is 4.92 Å². The molecule has 2 aromatic rings. The van der Waals surface area contributed by atoms with Crippen molar-refractivity contribution in [1.29, 1.82) is 0 Å². The molecule has 1 aromatic heterocycles. The van der Waals surface area contributed by atoms with Gasteiger partial charge in [-0.15, -0.1) is 0 Å². The molecule has 4 nitrogen and oxygen atoms in total. The normalized spacial score (nSPS) is 10.6. The summed E-state index contributed by atoms with van der Waals surface area (Å²) in [6.07, 6.45) is 0. The molecule has 0 fully saturated rings. The minimum absolute atomic E-state index is 0.0197. The fraction of sp³-hybridized carbons (Fsp3) is 0. The number of halogens is 1. The average molecular weight is 274 g/mol. The number of rotatable bonds is 1. The SMILES string of the molecule is O=[N+]([O-])c1cc(Br)c2cc(O)sc2c1. The number of hydrogen-bond acceptors (Lipinski definition) is 4. The molecule has 0 aliphatic rings. The highest BCUT2D eigenvalue weighted by atomic mass is 79.9. The number of nitrogens with zero attached hydrogens (tertiary/aromatic N) is 1. The van der Waals surface area contributed by atoms with E-state index in [1.807, 2.05) is 0 Å². The molecule has 0 amide bonds. The van der Waals surface area contributed by atoms with Gasteiger partial charge in [0, 0.05) is 32.8 Å². The fourth-order valence-corrected chi connectivity index (χ4v) is 2.73. The number of fused-ring (bicyclic) bond motifs is 1. The summed E-state index contributed by atoms with van der Waals surface area (Å²) in [7, 11) is 0. The van der Waals surface area contributed by atoms with Crippen molar-refractivity contribution in [2.75, 3.05) is 0 Å². The van der Waals surface area contributed by atoms with E-state index in [2.05, 4.69) is 15.9 Å². The second-order valence-corrected chi connectivity index (χ2v) is 4.60. The van der Waals surface area contributed by atoms with Gasteiger partial charge in [-0.2, -0.15) is 0 Å². The molecule has 0 aliphatic carbocycles. The molecule has 1 heterocycles. The summed E-state index contributed by atoms with van der Waals surface area (Å²) in [5, 5.41) is 20.7. The number of aromatic hydroxyl groups is 1. The lowest BCUT2D eigenvalue weighted by atomic mass is 10.2. The smallest absolute Gasteiger partial charge is 0.272 e. The van der Waals surface area contributed by atoms with E-state index in [0.717, 1.165) is 16.7 Å². The molecule has 1 aromatic carbocycles. The first-order chi connectivity index (χ1) is 6.58. The Morgan fingerprint density at radius 3 is 2.79 bits per heavy atom. The van der Waals surface area contributed by atoms with Crippen LogP contribution in [-0.4, -0.2) is 10.0 Å². The molecular weight excluding hydrogens is 270 g/mol. The van der Waals surface area contributed by atoms with Crippen molar-refractivity contribution in [1.82, 2.24) is 0 Å². The van der Waals surface area contributed by atoms with Crippen LogP contribution in [0.3, 0.4) is 0 Å². The van der Waals surface area contributed by atoms with Crippen LogP contribution in [0, 0.1) is 10.1 Å². The summed E-state index contributed by atoms with van der Waals surface area (Å²) < 4.78 is 1.32. The van der Waals surface area contributed by atoms with Gasteiger partial charge in [0.05, 0.1) is 4.92 Å². The predicted octanol–water partition coefficient (Wildman–Crippen LogP) is 3.28. The highest BCUT2D eigenvalue weighted by Crippen LogP contribution is 2.37. The molecule has 72 valence electrons. The fourth-order valence-electron chi connectivity index (χ4n) is 1.17. The maximum Gasteiger partial charge on any atom is 0.272 e. The molecule has 0 atom stereocenters. The van der Waals surface area contributed by atoms with Crippen LogP contribution in [0.25, 0.3) is 10.1 Å². The summed E-state index contributed by atoms with van der Waals surface area (Å²) in [4.78, 5) is 10.1. The third-order valence-corrected chi connectivity index (χ3v) is 3.31. The lowest BCUT2D eigenvalue weighted by Crippen LogP contribution is -1.86. The van der Waals surface area contributed by atoms with Crippen molar-refractivity contribution in [2.45, 2.75) is 0 Å². The van der Waals surface area contributed by atoms with E-state index in [9.17, 15) is 15.2 Å². The van der Waals surface area contributed by atoms with Crippen LogP contribution in [0.15, 0.2) is 22.7 Å². The Kier molecular flexibility index (Phi) is 2.16. The zero-order valence-corrected chi connectivity index (χ0v) is 9.13. The molecule has 0 bridgehead atoms. The Bertz CT molecular complexity index is 523. The third-order valence-electron chi connectivity index (χ3n) is 1.77. The Morgan fingerprint density at radius 2 is 2.14 bits per heavy atom. The van der Waals surface area contributed by atoms with Crippen molar-refractivity contribution in [2.24, 2.45) is 0 Å². The van der Waals surface area contributed by atoms with Gasteiger partial charge in [-0.05, 0) is 15.9 Å². The van der Waals surface area contributed by atoms with Gasteiger partial charge in [0.1, 0.15) is 0 Å². The van der Waals surface area contributed by atoms with Crippen molar-refractivity contribution < 1.29 is 10.0 Å². The van der Waals surface area contributed by atoms with Crippen LogP contribution < -0.4 is 0 Å². The molecular formula is C8H4BrNO3S. The summed E-state index contributed by atoms with van der Waals surface area (Å²) >= 11 is 4.34. The van der Waals surface area contributed by atoms with Gasteiger partial charge in [-0.25, -0.2) is 0 Å². The number of hydrogen-bond donors (Lipinski definition) is 1. The maximum atomic E-state index is 10.5. The molecule has 0 spiro atoms. The van der Waals surface area contributed by atoms with Crippen LogP contribution in [-0.2, 0) is 0 Å². The van der Waals surface area contributed by atoms with Gasteiger partial charge in [0.2, 0.25) is 0 Å². The van der Waals surface area contributed by atoms with Crippen molar-refractivity contribution in [3.8, 4) is 5.06 Å². The molecule has 0 saturated heterocycles. The Balaban J connectivity index is 2.77. The number of thiophene rings is 1. The van der Waals surface area contributed by atoms with Gasteiger partial charge in [-0.3, -0.25) is 10.1 Å². The van der Waals surface area contributed by atoms with E-state index in [1.54, 1.807) is 6.07 Å². The summed E-state index contributed by atoms with van der Waals surface area (Å²) in [6, 6.07) is 4.45. The quantitative estimate of drug-likeness (QED) is 0.641. The number of benzene rings is 1. The van der Waals surface area contributed by atoms with Gasteiger partial charge in [0.25, 0.3) is 5.69 Å². The highest BCUT2D eigenvalue weighted by Gasteiger charge is 2.12. The van der Waals surface area contributed by atoms with E-state index in [4.69, 9.17) is 0 Å². The molecule has 2 rings (SSSR count). The molecule has 0 aliphatic heterocycles. The molecule has 6 heteroatoms. The number of nitro benzene ring substituents is 1. The summed E-state index contributed by atoms with van der Waals surface area (Å²) in [6.45, 7) is 0. The van der Waals surface area contributed by atoms with Crippen LogP contribution in [0.1, 0.15) is 0 Å². The van der Waals surface area contributed by atoms with Gasteiger partial charge in [0.15, 0.2) is 5.06 Å².